The maximum absolute atomic E-state index is 13.7. The molecule has 2 aromatic rings. The van der Waals surface area contributed by atoms with Crippen LogP contribution in [-0.4, -0.2) is 20.7 Å². The molecule has 0 saturated heterocycles. The molecular formula is C11H7ClF4N4O. The van der Waals surface area contributed by atoms with Gasteiger partial charge in [0.05, 0.1) is 5.56 Å². The summed E-state index contributed by atoms with van der Waals surface area (Å²) >= 11 is 5.54. The Morgan fingerprint density at radius 1 is 1.38 bits per heavy atom. The lowest BCUT2D eigenvalue weighted by Crippen LogP contribution is -2.15. The topological polar surface area (TPSA) is 59.8 Å². The Kier molecular flexibility index (Phi) is 3.86. The zero-order valence-corrected chi connectivity index (χ0v) is 11.1. The number of carbonyl (C=O) groups excluding carboxylic acids is 1. The molecule has 10 heteroatoms. The Labute approximate surface area is 120 Å². The number of halogens is 5. The zero-order valence-electron chi connectivity index (χ0n) is 10.4. The first-order valence-corrected chi connectivity index (χ1v) is 5.80. The zero-order chi connectivity index (χ0) is 15.8. The minimum absolute atomic E-state index is 0.00792. The van der Waals surface area contributed by atoms with E-state index in [4.69, 9.17) is 11.6 Å². The van der Waals surface area contributed by atoms with Crippen LogP contribution in [0.3, 0.4) is 0 Å². The molecule has 21 heavy (non-hydrogen) atoms. The summed E-state index contributed by atoms with van der Waals surface area (Å²) in [5.74, 6) is -3.18. The van der Waals surface area contributed by atoms with Gasteiger partial charge in [-0.1, -0.05) is 11.6 Å². The lowest BCUT2D eigenvalue weighted by atomic mass is 10.2. The number of nitrogens with zero attached hydrogens (tertiary/aromatic N) is 3. The second-order valence-electron chi connectivity index (χ2n) is 3.96. The van der Waals surface area contributed by atoms with Gasteiger partial charge in [0.1, 0.15) is 5.15 Å². The van der Waals surface area contributed by atoms with Gasteiger partial charge in [-0.15, -0.1) is 0 Å². The van der Waals surface area contributed by atoms with E-state index in [0.717, 1.165) is 13.2 Å². The highest BCUT2D eigenvalue weighted by Crippen LogP contribution is 2.33. The molecule has 0 aromatic carbocycles. The van der Waals surface area contributed by atoms with Gasteiger partial charge in [-0.2, -0.15) is 18.3 Å². The first-order valence-electron chi connectivity index (χ1n) is 5.42. The standard InChI is InChI=1S/C11H7ClF4N4O/c1-20-9(7(13)8(19-20)11(14,15)16)18-10(21)5-2-3-6(12)17-4-5/h2-4H,1H3,(H,18,21). The summed E-state index contributed by atoms with van der Waals surface area (Å²) in [6, 6.07) is 2.61. The predicted molar refractivity (Wildman–Crippen MR) is 65.4 cm³/mol. The molecule has 0 radical (unpaired) electrons. The molecule has 112 valence electrons. The Morgan fingerprint density at radius 2 is 2.05 bits per heavy atom. The molecule has 0 aliphatic carbocycles. The molecule has 1 amide bonds. The monoisotopic (exact) mass is 322 g/mol. The molecule has 2 rings (SSSR count). The number of hydrogen-bond acceptors (Lipinski definition) is 3. The molecule has 0 spiro atoms. The van der Waals surface area contributed by atoms with Crippen LogP contribution in [0.4, 0.5) is 23.4 Å². The molecule has 5 nitrogen and oxygen atoms in total. The third kappa shape index (κ3) is 3.13. The third-order valence-corrected chi connectivity index (χ3v) is 2.70. The Bertz CT molecular complexity index is 681. The number of hydrogen-bond donors (Lipinski definition) is 1. The summed E-state index contributed by atoms with van der Waals surface area (Å²) in [7, 11) is 1.08. The van der Waals surface area contributed by atoms with Crippen molar-refractivity contribution in [3.8, 4) is 0 Å². The fourth-order valence-corrected chi connectivity index (χ4v) is 1.62. The number of aryl methyl sites for hydroxylation is 1. The Balaban J connectivity index is 2.30. The van der Waals surface area contributed by atoms with Crippen LogP contribution in [0, 0.1) is 5.82 Å². The van der Waals surface area contributed by atoms with Crippen molar-refractivity contribution in [2.24, 2.45) is 7.05 Å². The minimum atomic E-state index is -4.95. The number of aromatic nitrogens is 3. The van der Waals surface area contributed by atoms with E-state index >= 15 is 0 Å². The number of carbonyl (C=O) groups is 1. The summed E-state index contributed by atoms with van der Waals surface area (Å²) < 4.78 is 51.8. The van der Waals surface area contributed by atoms with Crippen LogP contribution in [0.25, 0.3) is 0 Å². The van der Waals surface area contributed by atoms with E-state index in [1.165, 1.54) is 12.1 Å². The van der Waals surface area contributed by atoms with Crippen molar-refractivity contribution in [1.29, 1.82) is 0 Å². The SMILES string of the molecule is Cn1nc(C(F)(F)F)c(F)c1NC(=O)c1ccc(Cl)nc1. The Morgan fingerprint density at radius 3 is 2.52 bits per heavy atom. The fraction of sp³-hybridized carbons (Fsp3) is 0.182. The van der Waals surface area contributed by atoms with Crippen LogP contribution in [-0.2, 0) is 13.2 Å². The molecule has 1 N–H and O–H groups in total. The summed E-state index contributed by atoms with van der Waals surface area (Å²) in [6.07, 6.45) is -3.84. The lowest BCUT2D eigenvalue weighted by Gasteiger charge is -2.05. The fourth-order valence-electron chi connectivity index (χ4n) is 1.50. The van der Waals surface area contributed by atoms with Crippen molar-refractivity contribution in [2.75, 3.05) is 5.32 Å². The van der Waals surface area contributed by atoms with Gasteiger partial charge in [0, 0.05) is 13.2 Å². The molecular weight excluding hydrogens is 316 g/mol. The van der Waals surface area contributed by atoms with E-state index in [1.807, 2.05) is 5.32 Å². The van der Waals surface area contributed by atoms with Crippen LogP contribution in [0.15, 0.2) is 18.3 Å². The van der Waals surface area contributed by atoms with Crippen molar-refractivity contribution in [1.82, 2.24) is 14.8 Å². The second kappa shape index (κ2) is 5.32. The van der Waals surface area contributed by atoms with E-state index in [1.54, 1.807) is 0 Å². The summed E-state index contributed by atoms with van der Waals surface area (Å²) in [5.41, 5.74) is -1.69. The summed E-state index contributed by atoms with van der Waals surface area (Å²) in [4.78, 5) is 15.4. The molecule has 0 atom stereocenters. The molecule has 0 unspecified atom stereocenters. The molecule has 0 aliphatic heterocycles. The van der Waals surface area contributed by atoms with E-state index in [0.29, 0.717) is 4.68 Å². The van der Waals surface area contributed by atoms with E-state index in [2.05, 4.69) is 10.1 Å². The molecule has 0 fully saturated rings. The normalized spacial score (nSPS) is 11.5. The van der Waals surface area contributed by atoms with Gasteiger partial charge in [-0.05, 0) is 12.1 Å². The van der Waals surface area contributed by atoms with Gasteiger partial charge in [0.15, 0.2) is 11.6 Å². The van der Waals surface area contributed by atoms with Gasteiger partial charge < -0.3 is 5.32 Å². The molecule has 2 aromatic heterocycles. The number of nitrogens with one attached hydrogen (secondary N) is 1. The number of amides is 1. The van der Waals surface area contributed by atoms with Crippen molar-refractivity contribution >= 4 is 23.3 Å². The quantitative estimate of drug-likeness (QED) is 0.683. The molecule has 0 aliphatic rings. The average Bonchev–Trinajstić information content (AvgIpc) is 2.67. The number of anilines is 1. The number of alkyl halides is 3. The van der Waals surface area contributed by atoms with Crippen molar-refractivity contribution in [3.63, 3.8) is 0 Å². The maximum atomic E-state index is 13.7. The van der Waals surface area contributed by atoms with Crippen LogP contribution in [0.1, 0.15) is 16.1 Å². The summed E-state index contributed by atoms with van der Waals surface area (Å²) in [6.45, 7) is 0. The number of pyridine rings is 1. The smallest absolute Gasteiger partial charge is 0.304 e. The lowest BCUT2D eigenvalue weighted by molar-refractivity contribution is -0.143. The van der Waals surface area contributed by atoms with Gasteiger partial charge in [-0.25, -0.2) is 14.1 Å². The van der Waals surface area contributed by atoms with E-state index < -0.39 is 29.4 Å². The van der Waals surface area contributed by atoms with Crippen molar-refractivity contribution in [3.05, 3.63) is 40.6 Å². The van der Waals surface area contributed by atoms with Gasteiger partial charge >= 0.3 is 6.18 Å². The highest BCUT2D eigenvalue weighted by Gasteiger charge is 2.40. The van der Waals surface area contributed by atoms with E-state index in [9.17, 15) is 22.4 Å². The predicted octanol–water partition coefficient (Wildman–Crippen LogP) is 2.88. The number of rotatable bonds is 2. The van der Waals surface area contributed by atoms with Crippen molar-refractivity contribution in [2.45, 2.75) is 6.18 Å². The van der Waals surface area contributed by atoms with Crippen LogP contribution in [0.2, 0.25) is 5.15 Å². The second-order valence-corrected chi connectivity index (χ2v) is 4.34. The molecule has 0 bridgehead atoms. The largest absolute Gasteiger partial charge is 0.438 e. The summed E-state index contributed by atoms with van der Waals surface area (Å²) in [5, 5.41) is 5.15. The highest BCUT2D eigenvalue weighted by molar-refractivity contribution is 6.29. The first-order chi connectivity index (χ1) is 9.70. The maximum Gasteiger partial charge on any atom is 0.438 e. The van der Waals surface area contributed by atoms with Gasteiger partial charge in [-0.3, -0.25) is 4.79 Å². The molecule has 2 heterocycles. The van der Waals surface area contributed by atoms with Crippen molar-refractivity contribution < 1.29 is 22.4 Å². The first kappa shape index (κ1) is 15.2. The minimum Gasteiger partial charge on any atom is -0.304 e. The van der Waals surface area contributed by atoms with Gasteiger partial charge in [0.25, 0.3) is 5.91 Å². The van der Waals surface area contributed by atoms with Crippen LogP contribution in [0.5, 0.6) is 0 Å². The van der Waals surface area contributed by atoms with E-state index in [-0.39, 0.29) is 10.7 Å². The Hall–Kier alpha value is -2.16. The highest BCUT2D eigenvalue weighted by atomic mass is 35.5. The van der Waals surface area contributed by atoms with Gasteiger partial charge in [0.2, 0.25) is 5.69 Å². The third-order valence-electron chi connectivity index (χ3n) is 2.48. The molecule has 0 saturated carbocycles. The van der Waals surface area contributed by atoms with Crippen LogP contribution >= 0.6 is 11.6 Å². The van der Waals surface area contributed by atoms with Crippen LogP contribution < -0.4 is 5.32 Å². The average molecular weight is 323 g/mol.